The lowest BCUT2D eigenvalue weighted by Gasteiger charge is -2.38. The summed E-state index contributed by atoms with van der Waals surface area (Å²) in [4.78, 5) is 17.0. The molecule has 0 bridgehead atoms. The molecule has 1 aromatic carbocycles. The molecule has 0 spiro atoms. The van der Waals surface area contributed by atoms with Crippen LogP contribution in [0.4, 0.5) is 4.39 Å². The number of likely N-dealkylation sites (tertiary alicyclic amines) is 1. The third-order valence-electron chi connectivity index (χ3n) is 5.08. The first-order chi connectivity index (χ1) is 12.1. The van der Waals surface area contributed by atoms with Crippen LogP contribution in [-0.2, 0) is 9.53 Å². The van der Waals surface area contributed by atoms with E-state index in [1.807, 2.05) is 11.8 Å². The van der Waals surface area contributed by atoms with Crippen molar-refractivity contribution in [3.8, 4) is 5.75 Å². The van der Waals surface area contributed by atoms with E-state index in [1.54, 1.807) is 12.1 Å². The molecule has 6 heteroatoms. The van der Waals surface area contributed by atoms with Crippen LogP contribution in [0.1, 0.15) is 19.8 Å². The van der Waals surface area contributed by atoms with Crippen LogP contribution >= 0.6 is 0 Å². The molecule has 0 saturated carbocycles. The summed E-state index contributed by atoms with van der Waals surface area (Å²) >= 11 is 0. The van der Waals surface area contributed by atoms with E-state index in [-0.39, 0.29) is 17.8 Å². The van der Waals surface area contributed by atoms with Gasteiger partial charge in [0, 0.05) is 32.1 Å². The highest BCUT2D eigenvalue weighted by Crippen LogP contribution is 2.20. The Morgan fingerprint density at radius 3 is 2.72 bits per heavy atom. The van der Waals surface area contributed by atoms with Gasteiger partial charge in [-0.1, -0.05) is 0 Å². The zero-order chi connectivity index (χ0) is 17.6. The van der Waals surface area contributed by atoms with Crippen molar-refractivity contribution >= 4 is 5.91 Å². The quantitative estimate of drug-likeness (QED) is 0.816. The molecular weight excluding hydrogens is 323 g/mol. The zero-order valence-corrected chi connectivity index (χ0v) is 14.8. The molecule has 25 heavy (non-hydrogen) atoms. The maximum Gasteiger partial charge on any atom is 0.239 e. The molecule has 2 aliphatic heterocycles. The van der Waals surface area contributed by atoms with E-state index in [4.69, 9.17) is 9.47 Å². The maximum atomic E-state index is 12.9. The third kappa shape index (κ3) is 4.92. The first kappa shape index (κ1) is 18.1. The molecule has 2 atom stereocenters. The molecule has 2 heterocycles. The molecule has 1 amide bonds. The highest BCUT2D eigenvalue weighted by molar-refractivity contribution is 5.81. The van der Waals surface area contributed by atoms with Crippen LogP contribution in [0.3, 0.4) is 0 Å². The van der Waals surface area contributed by atoms with E-state index >= 15 is 0 Å². The Hall–Kier alpha value is -1.66. The molecule has 0 N–H and O–H groups in total. The molecule has 1 aromatic rings. The number of halogens is 1. The Bertz CT molecular complexity index is 560. The molecule has 0 aliphatic carbocycles. The van der Waals surface area contributed by atoms with Gasteiger partial charge in [-0.3, -0.25) is 9.69 Å². The number of piperidine rings is 1. The van der Waals surface area contributed by atoms with Gasteiger partial charge >= 0.3 is 0 Å². The Morgan fingerprint density at radius 1 is 1.28 bits per heavy atom. The van der Waals surface area contributed by atoms with Crippen LogP contribution in [0.5, 0.6) is 5.75 Å². The van der Waals surface area contributed by atoms with Crippen LogP contribution in [0.25, 0.3) is 0 Å². The summed E-state index contributed by atoms with van der Waals surface area (Å²) < 4.78 is 24.1. The van der Waals surface area contributed by atoms with E-state index < -0.39 is 0 Å². The average Bonchev–Trinajstić information content (AvgIpc) is 2.67. The number of hydrogen-bond acceptors (Lipinski definition) is 4. The number of carbonyl (C=O) groups excluding carboxylic acids is 1. The SMILES string of the molecule is C[C@H](C(=O)N1CCC[C@@H](COc2ccc(F)cc2)C1)N1CCOCC1. The topological polar surface area (TPSA) is 42.0 Å². The average molecular weight is 350 g/mol. The van der Waals surface area contributed by atoms with Crippen LogP contribution in [-0.4, -0.2) is 67.7 Å². The predicted octanol–water partition coefficient (Wildman–Crippen LogP) is 2.16. The van der Waals surface area contributed by atoms with Crippen LogP contribution in [0.2, 0.25) is 0 Å². The van der Waals surface area contributed by atoms with Crippen LogP contribution in [0, 0.1) is 11.7 Å². The molecule has 3 rings (SSSR count). The summed E-state index contributed by atoms with van der Waals surface area (Å²) in [5.74, 6) is 0.929. The number of carbonyl (C=O) groups is 1. The molecule has 138 valence electrons. The monoisotopic (exact) mass is 350 g/mol. The summed E-state index contributed by atoms with van der Waals surface area (Å²) in [6, 6.07) is 5.98. The lowest BCUT2D eigenvalue weighted by molar-refractivity contribution is -0.140. The lowest BCUT2D eigenvalue weighted by atomic mass is 9.98. The molecule has 0 aromatic heterocycles. The Kier molecular flexibility index (Phi) is 6.26. The lowest BCUT2D eigenvalue weighted by Crippen LogP contribution is -2.53. The number of morpholine rings is 1. The van der Waals surface area contributed by atoms with E-state index in [0.717, 1.165) is 39.0 Å². The number of amides is 1. The molecule has 0 unspecified atom stereocenters. The van der Waals surface area contributed by atoms with Crippen molar-refractivity contribution in [2.45, 2.75) is 25.8 Å². The molecule has 2 aliphatic rings. The second-order valence-electron chi connectivity index (χ2n) is 6.88. The first-order valence-electron chi connectivity index (χ1n) is 9.12. The largest absolute Gasteiger partial charge is 0.493 e. The van der Waals surface area contributed by atoms with E-state index in [1.165, 1.54) is 12.1 Å². The molecule has 2 saturated heterocycles. The summed E-state index contributed by atoms with van der Waals surface area (Å²) in [6.45, 7) is 7.14. The highest BCUT2D eigenvalue weighted by Gasteiger charge is 2.30. The smallest absolute Gasteiger partial charge is 0.239 e. The summed E-state index contributed by atoms with van der Waals surface area (Å²) in [5.41, 5.74) is 0. The minimum atomic E-state index is -0.265. The summed E-state index contributed by atoms with van der Waals surface area (Å²) in [7, 11) is 0. The zero-order valence-electron chi connectivity index (χ0n) is 14.8. The Labute approximate surface area is 148 Å². The standard InChI is InChI=1S/C19H27FN2O3/c1-15(21-9-11-24-12-10-21)19(23)22-8-2-3-16(13-22)14-25-18-6-4-17(20)5-7-18/h4-7,15-16H,2-3,8-14H2,1H3/t15-,16-/m1/s1. The number of hydrogen-bond donors (Lipinski definition) is 0. The van der Waals surface area contributed by atoms with Crippen molar-refractivity contribution in [2.24, 2.45) is 5.92 Å². The van der Waals surface area contributed by atoms with Gasteiger partial charge in [-0.2, -0.15) is 0 Å². The van der Waals surface area contributed by atoms with Crippen molar-refractivity contribution in [1.29, 1.82) is 0 Å². The fraction of sp³-hybridized carbons (Fsp3) is 0.632. The maximum absolute atomic E-state index is 12.9. The number of ether oxygens (including phenoxy) is 2. The van der Waals surface area contributed by atoms with Crippen molar-refractivity contribution in [3.63, 3.8) is 0 Å². The van der Waals surface area contributed by atoms with Gasteiger partial charge < -0.3 is 14.4 Å². The molecule has 0 radical (unpaired) electrons. The predicted molar refractivity (Wildman–Crippen MR) is 93.1 cm³/mol. The highest BCUT2D eigenvalue weighted by atomic mass is 19.1. The third-order valence-corrected chi connectivity index (χ3v) is 5.08. The molecule has 5 nitrogen and oxygen atoms in total. The molecule has 2 fully saturated rings. The summed E-state index contributed by atoms with van der Waals surface area (Å²) in [6.07, 6.45) is 2.05. The normalized spacial score (nSPS) is 23.3. The van der Waals surface area contributed by atoms with Gasteiger partial charge in [0.05, 0.1) is 25.9 Å². The van der Waals surface area contributed by atoms with E-state index in [9.17, 15) is 9.18 Å². The van der Waals surface area contributed by atoms with Gasteiger partial charge in [-0.15, -0.1) is 0 Å². The van der Waals surface area contributed by atoms with Gasteiger partial charge in [0.15, 0.2) is 0 Å². The van der Waals surface area contributed by atoms with Crippen molar-refractivity contribution in [1.82, 2.24) is 9.80 Å². The van der Waals surface area contributed by atoms with Crippen molar-refractivity contribution in [2.75, 3.05) is 46.0 Å². The van der Waals surface area contributed by atoms with Gasteiger partial charge in [-0.05, 0) is 44.0 Å². The van der Waals surface area contributed by atoms with Crippen molar-refractivity contribution in [3.05, 3.63) is 30.1 Å². The number of rotatable bonds is 5. The van der Waals surface area contributed by atoms with Gasteiger partial charge in [-0.25, -0.2) is 4.39 Å². The number of nitrogens with zero attached hydrogens (tertiary/aromatic N) is 2. The number of benzene rings is 1. The summed E-state index contributed by atoms with van der Waals surface area (Å²) in [5, 5.41) is 0. The van der Waals surface area contributed by atoms with Crippen LogP contribution < -0.4 is 4.74 Å². The Balaban J connectivity index is 1.49. The van der Waals surface area contributed by atoms with Gasteiger partial charge in [0.2, 0.25) is 5.91 Å². The van der Waals surface area contributed by atoms with Crippen molar-refractivity contribution < 1.29 is 18.7 Å². The molecular formula is C19H27FN2O3. The van der Waals surface area contributed by atoms with Gasteiger partial charge in [0.25, 0.3) is 0 Å². The van der Waals surface area contributed by atoms with E-state index in [0.29, 0.717) is 31.5 Å². The fourth-order valence-corrected chi connectivity index (χ4v) is 3.53. The van der Waals surface area contributed by atoms with Gasteiger partial charge in [0.1, 0.15) is 11.6 Å². The fourth-order valence-electron chi connectivity index (χ4n) is 3.53. The minimum Gasteiger partial charge on any atom is -0.493 e. The Morgan fingerprint density at radius 2 is 2.00 bits per heavy atom. The minimum absolute atomic E-state index is 0.0966. The van der Waals surface area contributed by atoms with Crippen LogP contribution in [0.15, 0.2) is 24.3 Å². The second kappa shape index (κ2) is 8.63. The second-order valence-corrected chi connectivity index (χ2v) is 6.88. The first-order valence-corrected chi connectivity index (χ1v) is 9.12. The van der Waals surface area contributed by atoms with E-state index in [2.05, 4.69) is 4.90 Å².